The van der Waals surface area contributed by atoms with Crippen molar-refractivity contribution in [1.82, 2.24) is 15.1 Å². The third kappa shape index (κ3) is 2.93. The van der Waals surface area contributed by atoms with Crippen LogP contribution in [0.3, 0.4) is 0 Å². The first-order valence-corrected chi connectivity index (χ1v) is 8.66. The van der Waals surface area contributed by atoms with Crippen LogP contribution >= 0.6 is 0 Å². The van der Waals surface area contributed by atoms with Gasteiger partial charge in [0.1, 0.15) is 0 Å². The Labute approximate surface area is 137 Å². The fourth-order valence-corrected chi connectivity index (χ4v) is 4.60. The van der Waals surface area contributed by atoms with Gasteiger partial charge in [-0.1, -0.05) is 30.3 Å². The molecule has 122 valence electrons. The third-order valence-electron chi connectivity index (χ3n) is 5.79. The van der Waals surface area contributed by atoms with Gasteiger partial charge in [0.15, 0.2) is 0 Å². The Hall–Kier alpha value is -1.65. The Balaban J connectivity index is 1.44. The Morgan fingerprint density at radius 3 is 2.52 bits per heavy atom. The first kappa shape index (κ1) is 14.9. The average molecular weight is 311 g/mol. The van der Waals surface area contributed by atoms with E-state index in [2.05, 4.69) is 46.4 Å². The number of nitrogens with one attached hydrogen (secondary N) is 1. The van der Waals surface area contributed by atoms with Crippen molar-refractivity contribution < 1.29 is 5.11 Å². The Morgan fingerprint density at radius 2 is 1.83 bits per heavy atom. The van der Waals surface area contributed by atoms with E-state index < -0.39 is 0 Å². The minimum Gasteiger partial charge on any atom is -0.393 e. The second-order valence-corrected chi connectivity index (χ2v) is 7.32. The SMILES string of the molecule is CN(Cc1cn[nH]c1-c1ccccc1)C1C[C@H]2CC(O)C[C@H]2C1. The molecule has 0 spiro atoms. The van der Waals surface area contributed by atoms with Gasteiger partial charge in [0, 0.05) is 18.2 Å². The Kier molecular flexibility index (Phi) is 3.95. The molecular weight excluding hydrogens is 286 g/mol. The van der Waals surface area contributed by atoms with Crippen molar-refractivity contribution in [3.8, 4) is 11.3 Å². The molecule has 4 atom stereocenters. The lowest BCUT2D eigenvalue weighted by atomic mass is 10.0. The summed E-state index contributed by atoms with van der Waals surface area (Å²) >= 11 is 0. The summed E-state index contributed by atoms with van der Waals surface area (Å²) in [6.45, 7) is 0.924. The maximum absolute atomic E-state index is 9.80. The standard InChI is InChI=1S/C19H25N3O/c1-22(17-7-14-9-18(23)10-15(14)8-17)12-16-11-20-21-19(16)13-5-3-2-4-6-13/h2-6,11,14-15,17-18,23H,7-10,12H2,1H3,(H,20,21)/t14-,15+,17?,18?. The molecule has 2 aromatic rings. The summed E-state index contributed by atoms with van der Waals surface area (Å²) in [6.07, 6.45) is 6.40. The second-order valence-electron chi connectivity index (χ2n) is 7.32. The molecule has 0 aliphatic heterocycles. The summed E-state index contributed by atoms with van der Waals surface area (Å²) in [4.78, 5) is 2.47. The lowest BCUT2D eigenvalue weighted by Gasteiger charge is -2.25. The number of hydrogen-bond donors (Lipinski definition) is 2. The minimum absolute atomic E-state index is 0.0465. The first-order chi connectivity index (χ1) is 11.2. The molecule has 1 heterocycles. The topological polar surface area (TPSA) is 52.2 Å². The number of fused-ring (bicyclic) bond motifs is 1. The normalized spacial score (nSPS) is 30.0. The molecular formula is C19H25N3O. The van der Waals surface area contributed by atoms with Gasteiger partial charge >= 0.3 is 0 Å². The van der Waals surface area contributed by atoms with E-state index >= 15 is 0 Å². The second kappa shape index (κ2) is 6.10. The van der Waals surface area contributed by atoms with Gasteiger partial charge < -0.3 is 5.11 Å². The molecule has 0 amide bonds. The highest BCUT2D eigenvalue weighted by Gasteiger charge is 2.42. The molecule has 2 fully saturated rings. The van der Waals surface area contributed by atoms with Gasteiger partial charge in [-0.15, -0.1) is 0 Å². The van der Waals surface area contributed by atoms with Crippen LogP contribution in [0.5, 0.6) is 0 Å². The zero-order valence-corrected chi connectivity index (χ0v) is 13.7. The molecule has 23 heavy (non-hydrogen) atoms. The average Bonchev–Trinajstić information content (AvgIpc) is 3.22. The molecule has 2 aliphatic rings. The predicted molar refractivity (Wildman–Crippen MR) is 90.7 cm³/mol. The summed E-state index contributed by atoms with van der Waals surface area (Å²) in [5.74, 6) is 1.46. The van der Waals surface area contributed by atoms with E-state index in [-0.39, 0.29) is 6.10 Å². The fourth-order valence-electron chi connectivity index (χ4n) is 4.60. The lowest BCUT2D eigenvalue weighted by molar-refractivity contribution is 0.158. The van der Waals surface area contributed by atoms with Crippen molar-refractivity contribution >= 4 is 0 Å². The van der Waals surface area contributed by atoms with Crippen LogP contribution in [0, 0.1) is 11.8 Å². The Morgan fingerprint density at radius 1 is 1.13 bits per heavy atom. The zero-order chi connectivity index (χ0) is 15.8. The van der Waals surface area contributed by atoms with Crippen LogP contribution in [0.4, 0.5) is 0 Å². The van der Waals surface area contributed by atoms with Gasteiger partial charge in [-0.2, -0.15) is 5.10 Å². The van der Waals surface area contributed by atoms with Crippen LogP contribution in [-0.4, -0.2) is 39.4 Å². The van der Waals surface area contributed by atoms with E-state index in [9.17, 15) is 5.11 Å². The highest BCUT2D eigenvalue weighted by molar-refractivity contribution is 5.62. The van der Waals surface area contributed by atoms with Crippen molar-refractivity contribution in [1.29, 1.82) is 0 Å². The zero-order valence-electron chi connectivity index (χ0n) is 13.7. The number of hydrogen-bond acceptors (Lipinski definition) is 3. The van der Waals surface area contributed by atoms with Gasteiger partial charge in [0.05, 0.1) is 18.0 Å². The number of aliphatic hydroxyl groups excluding tert-OH is 1. The van der Waals surface area contributed by atoms with E-state index in [0.717, 1.165) is 36.9 Å². The van der Waals surface area contributed by atoms with Gasteiger partial charge in [-0.3, -0.25) is 10.00 Å². The van der Waals surface area contributed by atoms with E-state index in [1.54, 1.807) is 0 Å². The fraction of sp³-hybridized carbons (Fsp3) is 0.526. The van der Waals surface area contributed by atoms with Gasteiger partial charge in [-0.25, -0.2) is 0 Å². The van der Waals surface area contributed by atoms with Crippen LogP contribution in [0.15, 0.2) is 36.5 Å². The molecule has 0 saturated heterocycles. The molecule has 4 heteroatoms. The number of rotatable bonds is 4. The van der Waals surface area contributed by atoms with Crippen molar-refractivity contribution in [2.45, 2.75) is 44.4 Å². The van der Waals surface area contributed by atoms with Crippen LogP contribution < -0.4 is 0 Å². The summed E-state index contributed by atoms with van der Waals surface area (Å²) in [6, 6.07) is 11.0. The van der Waals surface area contributed by atoms with Crippen LogP contribution in [0.2, 0.25) is 0 Å². The van der Waals surface area contributed by atoms with Crippen molar-refractivity contribution in [3.05, 3.63) is 42.1 Å². The van der Waals surface area contributed by atoms with Gasteiger partial charge in [0.25, 0.3) is 0 Å². The molecule has 2 aliphatic carbocycles. The molecule has 1 aromatic heterocycles. The number of aromatic nitrogens is 2. The largest absolute Gasteiger partial charge is 0.393 e. The maximum Gasteiger partial charge on any atom is 0.0695 e. The quantitative estimate of drug-likeness (QED) is 0.912. The van der Waals surface area contributed by atoms with E-state index in [0.29, 0.717) is 6.04 Å². The molecule has 2 saturated carbocycles. The first-order valence-electron chi connectivity index (χ1n) is 8.66. The van der Waals surface area contributed by atoms with E-state index in [1.807, 2.05) is 12.3 Å². The van der Waals surface area contributed by atoms with Gasteiger partial charge in [0.2, 0.25) is 0 Å². The summed E-state index contributed by atoms with van der Waals surface area (Å²) in [5.41, 5.74) is 3.58. The summed E-state index contributed by atoms with van der Waals surface area (Å²) in [5, 5.41) is 17.2. The number of nitrogens with zero attached hydrogens (tertiary/aromatic N) is 2. The number of aromatic amines is 1. The van der Waals surface area contributed by atoms with Crippen LogP contribution in [0.1, 0.15) is 31.2 Å². The molecule has 0 radical (unpaired) electrons. The van der Waals surface area contributed by atoms with Crippen LogP contribution in [0.25, 0.3) is 11.3 Å². The van der Waals surface area contributed by atoms with Gasteiger partial charge in [-0.05, 0) is 50.1 Å². The smallest absolute Gasteiger partial charge is 0.0695 e. The van der Waals surface area contributed by atoms with E-state index in [1.165, 1.54) is 24.0 Å². The van der Waals surface area contributed by atoms with E-state index in [4.69, 9.17) is 0 Å². The Bertz CT molecular complexity index is 640. The third-order valence-corrected chi connectivity index (χ3v) is 5.79. The highest BCUT2D eigenvalue weighted by atomic mass is 16.3. The minimum atomic E-state index is -0.0465. The van der Waals surface area contributed by atoms with Crippen molar-refractivity contribution in [3.63, 3.8) is 0 Å². The molecule has 2 unspecified atom stereocenters. The molecule has 4 nitrogen and oxygen atoms in total. The van der Waals surface area contributed by atoms with Crippen molar-refractivity contribution in [2.24, 2.45) is 11.8 Å². The summed E-state index contributed by atoms with van der Waals surface area (Å²) < 4.78 is 0. The lowest BCUT2D eigenvalue weighted by Crippen LogP contribution is -2.30. The maximum atomic E-state index is 9.80. The number of benzene rings is 1. The molecule has 1 aromatic carbocycles. The number of aliphatic hydroxyl groups is 1. The summed E-state index contributed by atoms with van der Waals surface area (Å²) in [7, 11) is 2.23. The monoisotopic (exact) mass is 311 g/mol. The van der Waals surface area contributed by atoms with Crippen molar-refractivity contribution in [2.75, 3.05) is 7.05 Å². The molecule has 2 N–H and O–H groups in total. The highest BCUT2D eigenvalue weighted by Crippen LogP contribution is 2.45. The molecule has 0 bridgehead atoms. The number of H-pyrrole nitrogens is 1. The predicted octanol–water partition coefficient (Wildman–Crippen LogP) is 3.06. The molecule has 4 rings (SSSR count). The van der Waals surface area contributed by atoms with Crippen LogP contribution in [-0.2, 0) is 6.54 Å².